The summed E-state index contributed by atoms with van der Waals surface area (Å²) in [6.45, 7) is 4.20. The van der Waals surface area contributed by atoms with Crippen molar-refractivity contribution in [3.63, 3.8) is 0 Å². The minimum absolute atomic E-state index is 0.332. The Labute approximate surface area is 112 Å². The zero-order chi connectivity index (χ0) is 13.8. The molecule has 1 aromatic heterocycles. The Morgan fingerprint density at radius 3 is 2.84 bits per heavy atom. The molecule has 2 rings (SSSR count). The molecule has 0 fully saturated rings. The average molecular weight is 262 g/mol. The molecule has 0 bridgehead atoms. The monoisotopic (exact) mass is 262 g/mol. The van der Waals surface area contributed by atoms with Crippen molar-refractivity contribution < 1.29 is 9.50 Å². The van der Waals surface area contributed by atoms with Crippen molar-refractivity contribution in [1.29, 1.82) is 0 Å². The quantitative estimate of drug-likeness (QED) is 0.898. The third-order valence-electron chi connectivity index (χ3n) is 3.34. The van der Waals surface area contributed by atoms with E-state index in [4.69, 9.17) is 0 Å². The minimum atomic E-state index is -0.726. The summed E-state index contributed by atoms with van der Waals surface area (Å²) in [5, 5.41) is 14.5. The fourth-order valence-corrected chi connectivity index (χ4v) is 1.95. The highest BCUT2D eigenvalue weighted by Crippen LogP contribution is 2.19. The van der Waals surface area contributed by atoms with E-state index in [1.54, 1.807) is 12.1 Å². The molecule has 1 heterocycles. The molecule has 102 valence electrons. The molecule has 3 nitrogen and oxygen atoms in total. The fraction of sp³-hybridized carbons (Fsp3) is 0.400. The summed E-state index contributed by atoms with van der Waals surface area (Å²) < 4.78 is 15.0. The van der Waals surface area contributed by atoms with E-state index >= 15 is 0 Å². The summed E-state index contributed by atoms with van der Waals surface area (Å²) in [7, 11) is 0. The first-order chi connectivity index (χ1) is 9.10. The van der Waals surface area contributed by atoms with Gasteiger partial charge in [-0.2, -0.15) is 5.10 Å². The second kappa shape index (κ2) is 5.97. The van der Waals surface area contributed by atoms with Crippen LogP contribution in [0.4, 0.5) is 4.39 Å². The molecule has 1 N–H and O–H groups in total. The van der Waals surface area contributed by atoms with Gasteiger partial charge in [-0.1, -0.05) is 19.1 Å². The summed E-state index contributed by atoms with van der Waals surface area (Å²) in [5.41, 5.74) is 1.40. The van der Waals surface area contributed by atoms with E-state index in [1.165, 1.54) is 12.1 Å². The van der Waals surface area contributed by atoms with Crippen LogP contribution in [0.3, 0.4) is 0 Å². The molecule has 0 saturated heterocycles. The van der Waals surface area contributed by atoms with Crippen molar-refractivity contribution in [3.8, 4) is 0 Å². The smallest absolute Gasteiger partial charge is 0.123 e. The summed E-state index contributed by atoms with van der Waals surface area (Å²) in [6, 6.07) is 8.30. The number of aromatic nitrogens is 2. The van der Waals surface area contributed by atoms with Crippen LogP contribution < -0.4 is 0 Å². The Kier molecular flexibility index (Phi) is 4.32. The number of hydrogen-bond acceptors (Lipinski definition) is 2. The lowest BCUT2D eigenvalue weighted by Crippen LogP contribution is -2.07. The zero-order valence-electron chi connectivity index (χ0n) is 11.3. The van der Waals surface area contributed by atoms with Crippen LogP contribution in [-0.4, -0.2) is 14.9 Å². The van der Waals surface area contributed by atoms with Crippen LogP contribution in [0.15, 0.2) is 36.5 Å². The van der Waals surface area contributed by atoms with Gasteiger partial charge in [0.25, 0.3) is 0 Å². The maximum atomic E-state index is 13.1. The van der Waals surface area contributed by atoms with Gasteiger partial charge < -0.3 is 5.11 Å². The Morgan fingerprint density at radius 1 is 1.37 bits per heavy atom. The maximum Gasteiger partial charge on any atom is 0.123 e. The molecular formula is C15H19FN2O. The van der Waals surface area contributed by atoms with Crippen molar-refractivity contribution in [1.82, 2.24) is 9.78 Å². The highest BCUT2D eigenvalue weighted by molar-refractivity contribution is 5.20. The molecule has 0 aliphatic carbocycles. The molecule has 1 aromatic carbocycles. The molecule has 2 atom stereocenters. The predicted octanol–water partition coefficient (Wildman–Crippen LogP) is 3.27. The van der Waals surface area contributed by atoms with E-state index in [0.717, 1.165) is 12.1 Å². The Bertz CT molecular complexity index is 538. The fourth-order valence-electron chi connectivity index (χ4n) is 1.95. The van der Waals surface area contributed by atoms with E-state index in [-0.39, 0.29) is 5.82 Å². The molecule has 0 saturated carbocycles. The van der Waals surface area contributed by atoms with Gasteiger partial charge in [0.1, 0.15) is 5.82 Å². The maximum absolute atomic E-state index is 13.1. The van der Waals surface area contributed by atoms with E-state index in [0.29, 0.717) is 18.0 Å². The van der Waals surface area contributed by atoms with Crippen LogP contribution in [-0.2, 0) is 6.42 Å². The Morgan fingerprint density at radius 2 is 2.16 bits per heavy atom. The number of rotatable bonds is 5. The summed E-state index contributed by atoms with van der Waals surface area (Å²) in [5.74, 6) is -0.332. The number of hydrogen-bond donors (Lipinski definition) is 1. The van der Waals surface area contributed by atoms with Crippen LogP contribution in [0.25, 0.3) is 0 Å². The number of aliphatic hydroxyl groups excluding tert-OH is 1. The topological polar surface area (TPSA) is 38.0 Å². The molecule has 4 heteroatoms. The number of benzene rings is 1. The average Bonchev–Trinajstić information content (AvgIpc) is 2.86. The van der Waals surface area contributed by atoms with Crippen LogP contribution in [0, 0.1) is 5.82 Å². The van der Waals surface area contributed by atoms with Crippen LogP contribution in [0.2, 0.25) is 0 Å². The lowest BCUT2D eigenvalue weighted by Gasteiger charge is -2.10. The molecular weight excluding hydrogens is 243 g/mol. The van der Waals surface area contributed by atoms with Gasteiger partial charge in [0.05, 0.1) is 11.8 Å². The van der Waals surface area contributed by atoms with Gasteiger partial charge in [0, 0.05) is 18.7 Å². The molecule has 0 radical (unpaired) electrons. The summed E-state index contributed by atoms with van der Waals surface area (Å²) in [6.07, 6.45) is 2.60. The predicted molar refractivity (Wildman–Crippen MR) is 72.3 cm³/mol. The van der Waals surface area contributed by atoms with Crippen LogP contribution in [0.5, 0.6) is 0 Å². The van der Waals surface area contributed by atoms with Gasteiger partial charge in [-0.25, -0.2) is 4.39 Å². The van der Waals surface area contributed by atoms with Gasteiger partial charge in [0.2, 0.25) is 0 Å². The first-order valence-corrected chi connectivity index (χ1v) is 6.57. The zero-order valence-corrected chi connectivity index (χ0v) is 11.3. The SMILES string of the molecule is CCC(C)n1ccc(CC(O)c2cccc(F)c2)n1. The Balaban J connectivity index is 2.06. The van der Waals surface area contributed by atoms with Crippen molar-refractivity contribution in [2.24, 2.45) is 0 Å². The van der Waals surface area contributed by atoms with E-state index in [2.05, 4.69) is 18.9 Å². The van der Waals surface area contributed by atoms with Crippen molar-refractivity contribution in [3.05, 3.63) is 53.6 Å². The standard InChI is InChI=1S/C15H19FN2O/c1-3-11(2)18-8-7-14(17-18)10-15(19)12-5-4-6-13(16)9-12/h4-9,11,15,19H,3,10H2,1-2H3. The lowest BCUT2D eigenvalue weighted by molar-refractivity contribution is 0.176. The molecule has 2 unspecified atom stereocenters. The number of halogens is 1. The minimum Gasteiger partial charge on any atom is -0.388 e. The third-order valence-corrected chi connectivity index (χ3v) is 3.34. The van der Waals surface area contributed by atoms with Gasteiger partial charge in [0.15, 0.2) is 0 Å². The molecule has 0 aliphatic rings. The van der Waals surface area contributed by atoms with Crippen LogP contribution >= 0.6 is 0 Å². The van der Waals surface area contributed by atoms with Crippen molar-refractivity contribution in [2.75, 3.05) is 0 Å². The highest BCUT2D eigenvalue weighted by Gasteiger charge is 2.12. The van der Waals surface area contributed by atoms with Crippen molar-refractivity contribution >= 4 is 0 Å². The normalized spacial score (nSPS) is 14.3. The van der Waals surface area contributed by atoms with E-state index < -0.39 is 6.10 Å². The third kappa shape index (κ3) is 3.41. The summed E-state index contributed by atoms with van der Waals surface area (Å²) in [4.78, 5) is 0. The first kappa shape index (κ1) is 13.7. The van der Waals surface area contributed by atoms with Gasteiger partial charge in [-0.05, 0) is 37.1 Å². The van der Waals surface area contributed by atoms with Gasteiger partial charge in [-0.3, -0.25) is 4.68 Å². The molecule has 2 aromatic rings. The van der Waals surface area contributed by atoms with Crippen molar-refractivity contribution in [2.45, 2.75) is 38.8 Å². The molecule has 0 aliphatic heterocycles. The first-order valence-electron chi connectivity index (χ1n) is 6.57. The lowest BCUT2D eigenvalue weighted by atomic mass is 10.1. The molecule has 0 spiro atoms. The van der Waals surface area contributed by atoms with Crippen LogP contribution in [0.1, 0.15) is 43.7 Å². The van der Waals surface area contributed by atoms with E-state index in [1.807, 2.05) is 16.9 Å². The van der Waals surface area contributed by atoms with Gasteiger partial charge in [-0.15, -0.1) is 0 Å². The number of nitrogens with zero attached hydrogens (tertiary/aromatic N) is 2. The molecule has 19 heavy (non-hydrogen) atoms. The molecule has 0 amide bonds. The number of aliphatic hydroxyl groups is 1. The Hall–Kier alpha value is -1.68. The largest absolute Gasteiger partial charge is 0.388 e. The highest BCUT2D eigenvalue weighted by atomic mass is 19.1. The summed E-state index contributed by atoms with van der Waals surface area (Å²) >= 11 is 0. The second-order valence-corrected chi connectivity index (χ2v) is 4.82. The van der Waals surface area contributed by atoms with E-state index in [9.17, 15) is 9.50 Å². The second-order valence-electron chi connectivity index (χ2n) is 4.82. The van der Waals surface area contributed by atoms with Gasteiger partial charge >= 0.3 is 0 Å².